The Hall–Kier alpha value is -1.64. The zero-order valence-corrected chi connectivity index (χ0v) is 13.3. The van der Waals surface area contributed by atoms with Crippen molar-refractivity contribution in [2.24, 2.45) is 5.84 Å². The Morgan fingerprint density at radius 3 is 1.90 bits per heavy atom. The quantitative estimate of drug-likeness (QED) is 0.629. The van der Waals surface area contributed by atoms with E-state index in [9.17, 15) is 0 Å². The van der Waals surface area contributed by atoms with Gasteiger partial charge in [-0.15, -0.1) is 0 Å². The summed E-state index contributed by atoms with van der Waals surface area (Å²) in [5, 5.41) is 0. The van der Waals surface area contributed by atoms with Gasteiger partial charge in [0.05, 0.1) is 0 Å². The molecule has 3 N–H and O–H groups in total. The third-order valence-corrected chi connectivity index (χ3v) is 3.91. The van der Waals surface area contributed by atoms with Crippen molar-refractivity contribution in [1.29, 1.82) is 0 Å². The fourth-order valence-electron chi connectivity index (χ4n) is 2.86. The lowest BCUT2D eigenvalue weighted by Crippen LogP contribution is -2.38. The number of nitrogens with two attached hydrogens (primary N) is 1. The van der Waals surface area contributed by atoms with Gasteiger partial charge in [0.25, 0.3) is 0 Å². The molecule has 112 valence electrons. The van der Waals surface area contributed by atoms with Crippen LogP contribution in [0.3, 0.4) is 0 Å². The Kier molecular flexibility index (Phi) is 5.54. The molecule has 1 atom stereocenters. The van der Waals surface area contributed by atoms with E-state index in [0.717, 1.165) is 19.3 Å². The highest BCUT2D eigenvalue weighted by Crippen LogP contribution is 2.14. The predicted octanol–water partition coefficient (Wildman–Crippen LogP) is 3.48. The van der Waals surface area contributed by atoms with Crippen LogP contribution in [0.25, 0.3) is 0 Å². The van der Waals surface area contributed by atoms with Crippen molar-refractivity contribution in [2.45, 2.75) is 46.1 Å². The van der Waals surface area contributed by atoms with Gasteiger partial charge in [0.15, 0.2) is 0 Å². The summed E-state index contributed by atoms with van der Waals surface area (Å²) in [6.07, 6.45) is 2.99. The zero-order chi connectivity index (χ0) is 15.2. The van der Waals surface area contributed by atoms with E-state index in [-0.39, 0.29) is 6.04 Å². The summed E-state index contributed by atoms with van der Waals surface area (Å²) in [4.78, 5) is 0. The van der Waals surface area contributed by atoms with Crippen LogP contribution in [0.2, 0.25) is 0 Å². The Labute approximate surface area is 128 Å². The molecule has 21 heavy (non-hydrogen) atoms. The van der Waals surface area contributed by atoms with Gasteiger partial charge in [0.1, 0.15) is 0 Å². The highest BCUT2D eigenvalue weighted by atomic mass is 15.2. The number of hydrogen-bond donors (Lipinski definition) is 2. The number of rotatable bonds is 6. The molecule has 2 aromatic carbocycles. The largest absolute Gasteiger partial charge is 0.271 e. The molecule has 1 unspecified atom stereocenters. The first-order valence-electron chi connectivity index (χ1n) is 7.72. The monoisotopic (exact) mass is 282 g/mol. The summed E-state index contributed by atoms with van der Waals surface area (Å²) in [5.74, 6) is 5.75. The average Bonchev–Trinajstić information content (AvgIpc) is 2.46. The molecule has 0 aromatic heterocycles. The van der Waals surface area contributed by atoms with E-state index in [1.807, 2.05) is 0 Å². The number of aryl methyl sites for hydroxylation is 3. The fraction of sp³-hybridized carbons (Fsp3) is 0.368. The molecule has 0 bridgehead atoms. The molecule has 0 aliphatic heterocycles. The van der Waals surface area contributed by atoms with Crippen molar-refractivity contribution in [1.82, 2.24) is 5.43 Å². The Morgan fingerprint density at radius 1 is 0.857 bits per heavy atom. The lowest BCUT2D eigenvalue weighted by Gasteiger charge is -2.17. The molecule has 0 radical (unpaired) electrons. The van der Waals surface area contributed by atoms with Crippen molar-refractivity contribution < 1.29 is 0 Å². The maximum Gasteiger partial charge on any atom is 0.0291 e. The van der Waals surface area contributed by atoms with Gasteiger partial charge < -0.3 is 0 Å². The first kappa shape index (κ1) is 15.7. The molecule has 0 aliphatic carbocycles. The van der Waals surface area contributed by atoms with Crippen LogP contribution >= 0.6 is 0 Å². The molecule has 2 rings (SSSR count). The number of benzene rings is 2. The Morgan fingerprint density at radius 2 is 1.38 bits per heavy atom. The van der Waals surface area contributed by atoms with E-state index in [2.05, 4.69) is 68.7 Å². The summed E-state index contributed by atoms with van der Waals surface area (Å²) in [7, 11) is 0. The third-order valence-electron chi connectivity index (χ3n) is 3.91. The second-order valence-corrected chi connectivity index (χ2v) is 5.94. The van der Waals surface area contributed by atoms with Gasteiger partial charge in [-0.2, -0.15) is 0 Å². The van der Waals surface area contributed by atoms with E-state index in [1.54, 1.807) is 0 Å². The minimum absolute atomic E-state index is 0.263. The second kappa shape index (κ2) is 7.39. The lowest BCUT2D eigenvalue weighted by atomic mass is 9.96. The van der Waals surface area contributed by atoms with Crippen molar-refractivity contribution in [3.05, 3.63) is 70.3 Å². The van der Waals surface area contributed by atoms with Crippen molar-refractivity contribution >= 4 is 0 Å². The molecule has 0 amide bonds. The van der Waals surface area contributed by atoms with Gasteiger partial charge in [0.2, 0.25) is 0 Å². The van der Waals surface area contributed by atoms with Crippen LogP contribution in [0.1, 0.15) is 34.7 Å². The summed E-state index contributed by atoms with van der Waals surface area (Å²) in [6.45, 7) is 6.47. The first-order valence-corrected chi connectivity index (χ1v) is 7.72. The standard InChI is InChI=1S/C19H26N2/c1-4-16-5-7-17(8-6-16)12-19(21-20)13-18-10-14(2)9-15(3)11-18/h5-11,19,21H,4,12-13,20H2,1-3H3. The van der Waals surface area contributed by atoms with Crippen LogP contribution in [0, 0.1) is 13.8 Å². The number of nitrogens with one attached hydrogen (secondary N) is 1. The minimum Gasteiger partial charge on any atom is -0.271 e. The molecule has 2 aromatic rings. The maximum atomic E-state index is 5.75. The van der Waals surface area contributed by atoms with Gasteiger partial charge in [-0.3, -0.25) is 11.3 Å². The van der Waals surface area contributed by atoms with E-state index in [4.69, 9.17) is 5.84 Å². The van der Waals surface area contributed by atoms with E-state index in [0.29, 0.717) is 0 Å². The van der Waals surface area contributed by atoms with Crippen LogP contribution in [0.5, 0.6) is 0 Å². The molecule has 2 heteroatoms. The van der Waals surface area contributed by atoms with E-state index < -0.39 is 0 Å². The maximum absolute atomic E-state index is 5.75. The minimum atomic E-state index is 0.263. The SMILES string of the molecule is CCc1ccc(CC(Cc2cc(C)cc(C)c2)NN)cc1. The predicted molar refractivity (Wildman–Crippen MR) is 90.3 cm³/mol. The van der Waals surface area contributed by atoms with Crippen LogP contribution < -0.4 is 11.3 Å². The highest BCUT2D eigenvalue weighted by molar-refractivity contribution is 5.30. The topological polar surface area (TPSA) is 38.0 Å². The molecule has 0 saturated heterocycles. The van der Waals surface area contributed by atoms with Crippen LogP contribution in [-0.2, 0) is 19.3 Å². The molecule has 0 fully saturated rings. The van der Waals surface area contributed by atoms with Gasteiger partial charge in [-0.1, -0.05) is 60.5 Å². The molecule has 2 nitrogen and oxygen atoms in total. The third kappa shape index (κ3) is 4.69. The average molecular weight is 282 g/mol. The lowest BCUT2D eigenvalue weighted by molar-refractivity contribution is 0.522. The first-order chi connectivity index (χ1) is 10.1. The number of hydrogen-bond acceptors (Lipinski definition) is 2. The van der Waals surface area contributed by atoms with Crippen molar-refractivity contribution in [2.75, 3.05) is 0 Å². The summed E-state index contributed by atoms with van der Waals surface area (Å²) >= 11 is 0. The normalized spacial score (nSPS) is 12.4. The Bertz CT molecular complexity index is 552. The van der Waals surface area contributed by atoms with Gasteiger partial charge in [-0.25, -0.2) is 0 Å². The van der Waals surface area contributed by atoms with Gasteiger partial charge in [-0.05, 0) is 49.8 Å². The molecule has 0 heterocycles. The van der Waals surface area contributed by atoms with Crippen LogP contribution in [-0.4, -0.2) is 6.04 Å². The Balaban J connectivity index is 2.05. The van der Waals surface area contributed by atoms with Crippen LogP contribution in [0.15, 0.2) is 42.5 Å². The van der Waals surface area contributed by atoms with Crippen LogP contribution in [0.4, 0.5) is 0 Å². The smallest absolute Gasteiger partial charge is 0.0291 e. The van der Waals surface area contributed by atoms with Crippen molar-refractivity contribution in [3.8, 4) is 0 Å². The molecular weight excluding hydrogens is 256 g/mol. The number of hydrazine groups is 1. The van der Waals surface area contributed by atoms with Crippen molar-refractivity contribution in [3.63, 3.8) is 0 Å². The van der Waals surface area contributed by atoms with E-state index in [1.165, 1.54) is 27.8 Å². The summed E-state index contributed by atoms with van der Waals surface area (Å²) < 4.78 is 0. The van der Waals surface area contributed by atoms with Gasteiger partial charge in [0, 0.05) is 6.04 Å². The van der Waals surface area contributed by atoms with Gasteiger partial charge >= 0.3 is 0 Å². The summed E-state index contributed by atoms with van der Waals surface area (Å²) in [6, 6.07) is 15.8. The zero-order valence-electron chi connectivity index (χ0n) is 13.3. The fourth-order valence-corrected chi connectivity index (χ4v) is 2.86. The molecule has 0 aliphatic rings. The highest BCUT2D eigenvalue weighted by Gasteiger charge is 2.09. The second-order valence-electron chi connectivity index (χ2n) is 5.94. The summed E-state index contributed by atoms with van der Waals surface area (Å²) in [5.41, 5.74) is 9.65. The molecular formula is C19H26N2. The molecule has 0 spiro atoms. The van der Waals surface area contributed by atoms with E-state index >= 15 is 0 Å². The molecule has 0 saturated carbocycles.